The summed E-state index contributed by atoms with van der Waals surface area (Å²) in [5.74, 6) is 0.128. The number of nitrogens with zero attached hydrogens (tertiary/aromatic N) is 1. The first kappa shape index (κ1) is 14.6. The van der Waals surface area contributed by atoms with Gasteiger partial charge in [0.2, 0.25) is 5.91 Å². The fraction of sp³-hybridized carbons (Fsp3) is 0.917. The number of hydrogen-bond acceptors (Lipinski definition) is 3. The largest absolute Gasteiger partial charge is 0.348 e. The van der Waals surface area contributed by atoms with Crippen LogP contribution in [-0.2, 0) is 15.6 Å². The number of rotatable bonds is 5. The summed E-state index contributed by atoms with van der Waals surface area (Å²) in [6, 6.07) is 0.324. The van der Waals surface area contributed by atoms with Crippen molar-refractivity contribution in [3.05, 3.63) is 0 Å². The van der Waals surface area contributed by atoms with Gasteiger partial charge in [0.15, 0.2) is 0 Å². The molecule has 1 N–H and O–H groups in total. The van der Waals surface area contributed by atoms with E-state index in [-0.39, 0.29) is 16.9 Å². The molecule has 0 spiro atoms. The quantitative estimate of drug-likeness (QED) is 0.793. The summed E-state index contributed by atoms with van der Waals surface area (Å²) in [6.07, 6.45) is 4.40. The zero-order valence-corrected chi connectivity index (χ0v) is 11.9. The Balaban J connectivity index is 2.55. The third-order valence-corrected chi connectivity index (χ3v) is 5.04. The first-order valence-electron chi connectivity index (χ1n) is 6.37. The van der Waals surface area contributed by atoms with Crippen LogP contribution in [0.4, 0.5) is 0 Å². The lowest BCUT2D eigenvalue weighted by molar-refractivity contribution is -0.125. The van der Waals surface area contributed by atoms with Crippen LogP contribution in [0, 0.1) is 0 Å². The molecule has 5 heteroatoms. The van der Waals surface area contributed by atoms with Crippen molar-refractivity contribution in [2.75, 3.05) is 26.4 Å². The Morgan fingerprint density at radius 3 is 2.59 bits per heavy atom. The smallest absolute Gasteiger partial charge is 0.234 e. The average Bonchev–Trinajstić information content (AvgIpc) is 2.29. The Labute approximate surface area is 107 Å². The molecule has 0 saturated heterocycles. The van der Waals surface area contributed by atoms with Crippen molar-refractivity contribution in [3.63, 3.8) is 0 Å². The summed E-state index contributed by atoms with van der Waals surface area (Å²) in [5.41, 5.74) is 0. The SMILES string of the molecule is CCNC1CCCCC1S(=O)CC(=O)N(C)C. The maximum Gasteiger partial charge on any atom is 0.234 e. The predicted octanol–water partition coefficient (Wildman–Crippen LogP) is 0.744. The fourth-order valence-electron chi connectivity index (χ4n) is 2.27. The van der Waals surface area contributed by atoms with E-state index in [1.165, 1.54) is 11.3 Å². The monoisotopic (exact) mass is 260 g/mol. The average molecular weight is 260 g/mol. The summed E-state index contributed by atoms with van der Waals surface area (Å²) >= 11 is 0. The van der Waals surface area contributed by atoms with Crippen LogP contribution >= 0.6 is 0 Å². The normalized spacial score (nSPS) is 26.5. The molecule has 17 heavy (non-hydrogen) atoms. The summed E-state index contributed by atoms with van der Waals surface area (Å²) < 4.78 is 12.2. The lowest BCUT2D eigenvalue weighted by Gasteiger charge is -2.31. The van der Waals surface area contributed by atoms with Gasteiger partial charge in [-0.3, -0.25) is 9.00 Å². The molecule has 0 aliphatic heterocycles. The third kappa shape index (κ3) is 4.39. The Kier molecular flexibility index (Phi) is 6.12. The van der Waals surface area contributed by atoms with Crippen LogP contribution in [0.15, 0.2) is 0 Å². The first-order valence-corrected chi connectivity index (χ1v) is 7.75. The number of amides is 1. The van der Waals surface area contributed by atoms with Crippen molar-refractivity contribution in [3.8, 4) is 0 Å². The highest BCUT2D eigenvalue weighted by Gasteiger charge is 2.30. The Hall–Kier alpha value is -0.420. The van der Waals surface area contributed by atoms with E-state index in [0.29, 0.717) is 6.04 Å². The lowest BCUT2D eigenvalue weighted by atomic mass is 9.95. The standard InChI is InChI=1S/C12H24N2O2S/c1-4-13-10-7-5-6-8-11(10)17(16)9-12(15)14(2)3/h10-11,13H,4-9H2,1-3H3. The molecule has 1 aliphatic rings. The highest BCUT2D eigenvalue weighted by molar-refractivity contribution is 7.86. The minimum absolute atomic E-state index is 0.0378. The molecule has 0 aromatic rings. The fourth-order valence-corrected chi connectivity index (χ4v) is 4.01. The van der Waals surface area contributed by atoms with E-state index in [9.17, 15) is 9.00 Å². The highest BCUT2D eigenvalue weighted by Crippen LogP contribution is 2.23. The van der Waals surface area contributed by atoms with Crippen molar-refractivity contribution in [2.45, 2.75) is 43.9 Å². The van der Waals surface area contributed by atoms with Gasteiger partial charge in [0.05, 0.1) is 5.25 Å². The molecule has 3 unspecified atom stereocenters. The van der Waals surface area contributed by atoms with Gasteiger partial charge >= 0.3 is 0 Å². The van der Waals surface area contributed by atoms with Crippen LogP contribution in [0.5, 0.6) is 0 Å². The number of carbonyl (C=O) groups is 1. The van der Waals surface area contributed by atoms with Crippen molar-refractivity contribution < 1.29 is 9.00 Å². The number of hydrogen-bond donors (Lipinski definition) is 1. The van der Waals surface area contributed by atoms with E-state index in [1.54, 1.807) is 14.1 Å². The van der Waals surface area contributed by atoms with Crippen LogP contribution in [0.3, 0.4) is 0 Å². The van der Waals surface area contributed by atoms with Crippen molar-refractivity contribution in [1.29, 1.82) is 0 Å². The van der Waals surface area contributed by atoms with Crippen LogP contribution in [0.1, 0.15) is 32.6 Å². The van der Waals surface area contributed by atoms with Crippen LogP contribution in [0.25, 0.3) is 0 Å². The minimum atomic E-state index is -1.04. The third-order valence-electron chi connectivity index (χ3n) is 3.27. The molecular formula is C12H24N2O2S. The molecule has 1 aliphatic carbocycles. The highest BCUT2D eigenvalue weighted by atomic mass is 32.2. The second-order valence-corrected chi connectivity index (χ2v) is 6.46. The Morgan fingerprint density at radius 2 is 2.00 bits per heavy atom. The molecule has 1 saturated carbocycles. The minimum Gasteiger partial charge on any atom is -0.348 e. The van der Waals surface area contributed by atoms with Gasteiger partial charge in [-0.2, -0.15) is 0 Å². The molecule has 1 fully saturated rings. The lowest BCUT2D eigenvalue weighted by Crippen LogP contribution is -2.46. The van der Waals surface area contributed by atoms with Crippen LogP contribution < -0.4 is 5.32 Å². The maximum atomic E-state index is 12.2. The van der Waals surface area contributed by atoms with Gasteiger partial charge in [-0.1, -0.05) is 19.8 Å². The van der Waals surface area contributed by atoms with Gasteiger partial charge in [0.1, 0.15) is 5.75 Å². The summed E-state index contributed by atoms with van der Waals surface area (Å²) in [7, 11) is 2.38. The van der Waals surface area contributed by atoms with E-state index in [1.807, 2.05) is 0 Å². The molecule has 0 radical (unpaired) electrons. The van der Waals surface area contributed by atoms with Crippen LogP contribution in [0.2, 0.25) is 0 Å². The molecule has 0 heterocycles. The second kappa shape index (κ2) is 7.11. The summed E-state index contributed by atoms with van der Waals surface area (Å²) in [4.78, 5) is 13.1. The van der Waals surface area contributed by atoms with E-state index in [4.69, 9.17) is 0 Å². The van der Waals surface area contributed by atoms with Gasteiger partial charge in [0, 0.05) is 30.9 Å². The predicted molar refractivity (Wildman–Crippen MR) is 71.4 cm³/mol. The Bertz CT molecular complexity index is 280. The second-order valence-electron chi connectivity index (χ2n) is 4.80. The van der Waals surface area contributed by atoms with Crippen LogP contribution in [-0.4, -0.2) is 52.7 Å². The first-order chi connectivity index (χ1) is 8.06. The topological polar surface area (TPSA) is 49.4 Å². The zero-order chi connectivity index (χ0) is 12.8. The van der Waals surface area contributed by atoms with Gasteiger partial charge < -0.3 is 10.2 Å². The van der Waals surface area contributed by atoms with Crippen molar-refractivity contribution in [1.82, 2.24) is 10.2 Å². The molecule has 3 atom stereocenters. The van der Waals surface area contributed by atoms with E-state index >= 15 is 0 Å². The molecule has 0 aromatic heterocycles. The number of nitrogens with one attached hydrogen (secondary N) is 1. The van der Waals surface area contributed by atoms with Gasteiger partial charge in [-0.15, -0.1) is 0 Å². The van der Waals surface area contributed by atoms with E-state index < -0.39 is 10.8 Å². The zero-order valence-electron chi connectivity index (χ0n) is 11.1. The van der Waals surface area contributed by atoms with E-state index in [2.05, 4.69) is 12.2 Å². The van der Waals surface area contributed by atoms with Gasteiger partial charge in [0.25, 0.3) is 0 Å². The van der Waals surface area contributed by atoms with Crippen molar-refractivity contribution in [2.24, 2.45) is 0 Å². The van der Waals surface area contributed by atoms with Gasteiger partial charge in [-0.25, -0.2) is 0 Å². The van der Waals surface area contributed by atoms with E-state index in [0.717, 1.165) is 25.8 Å². The molecular weight excluding hydrogens is 236 g/mol. The summed E-state index contributed by atoms with van der Waals surface area (Å²) in [5, 5.41) is 3.55. The van der Waals surface area contributed by atoms with Gasteiger partial charge in [-0.05, 0) is 19.4 Å². The Morgan fingerprint density at radius 1 is 1.35 bits per heavy atom. The van der Waals surface area contributed by atoms with Crippen molar-refractivity contribution >= 4 is 16.7 Å². The molecule has 100 valence electrons. The number of carbonyl (C=O) groups excluding carboxylic acids is 1. The summed E-state index contributed by atoms with van der Waals surface area (Å²) in [6.45, 7) is 2.97. The molecule has 1 rings (SSSR count). The maximum absolute atomic E-state index is 12.2. The molecule has 4 nitrogen and oxygen atoms in total. The molecule has 1 amide bonds. The molecule has 0 bridgehead atoms. The molecule has 0 aromatic carbocycles.